The van der Waals surface area contributed by atoms with Crippen LogP contribution in [0, 0.1) is 0 Å². The van der Waals surface area contributed by atoms with Gasteiger partial charge in [-0.15, -0.1) is 0 Å². The zero-order chi connectivity index (χ0) is 10.0. The molecule has 0 N–H and O–H groups in total. The van der Waals surface area contributed by atoms with Crippen molar-refractivity contribution in [3.8, 4) is 0 Å². The van der Waals surface area contributed by atoms with Crippen LogP contribution < -0.4 is 0 Å². The first kappa shape index (κ1) is 10.6. The van der Waals surface area contributed by atoms with Crippen molar-refractivity contribution in [1.29, 1.82) is 0 Å². The van der Waals surface area contributed by atoms with Crippen molar-refractivity contribution in [2.45, 2.75) is 19.8 Å². The number of hydrogen-bond donors (Lipinski definition) is 0. The molecule has 0 heterocycles. The molecule has 0 nitrogen and oxygen atoms in total. The lowest BCUT2D eigenvalue weighted by atomic mass is 10.0. The second-order valence-corrected chi connectivity index (χ2v) is 4.07. The molecule has 0 aliphatic rings. The van der Waals surface area contributed by atoms with Crippen LogP contribution >= 0.6 is 23.2 Å². The topological polar surface area (TPSA) is 0 Å². The molecular formula is C11H12Cl2. The van der Waals surface area contributed by atoms with Crippen molar-refractivity contribution in [3.05, 3.63) is 39.9 Å². The van der Waals surface area contributed by atoms with Crippen molar-refractivity contribution in [1.82, 2.24) is 0 Å². The highest BCUT2D eigenvalue weighted by Gasteiger charge is 2.10. The van der Waals surface area contributed by atoms with Gasteiger partial charge in [-0.1, -0.05) is 49.7 Å². The van der Waals surface area contributed by atoms with Crippen molar-refractivity contribution in [2.75, 3.05) is 0 Å². The monoisotopic (exact) mass is 214 g/mol. The second kappa shape index (κ2) is 4.17. The summed E-state index contributed by atoms with van der Waals surface area (Å²) in [5.74, 6) is 0.346. The Morgan fingerprint density at radius 1 is 1.23 bits per heavy atom. The first-order chi connectivity index (χ1) is 6.06. The number of benzene rings is 1. The van der Waals surface area contributed by atoms with Gasteiger partial charge in [-0.3, -0.25) is 0 Å². The molecule has 0 spiro atoms. The molecular weight excluding hydrogens is 203 g/mol. The maximum Gasteiger partial charge on any atom is 0.0461 e. The lowest BCUT2D eigenvalue weighted by Gasteiger charge is -2.11. The van der Waals surface area contributed by atoms with Gasteiger partial charge in [0.25, 0.3) is 0 Å². The van der Waals surface area contributed by atoms with Crippen LogP contribution in [-0.2, 0) is 0 Å². The molecule has 0 aromatic heterocycles. The molecule has 70 valence electrons. The molecule has 0 aliphatic carbocycles. The van der Waals surface area contributed by atoms with Gasteiger partial charge in [0.15, 0.2) is 0 Å². The van der Waals surface area contributed by atoms with Gasteiger partial charge in [-0.2, -0.15) is 0 Å². The number of hydrogen-bond acceptors (Lipinski definition) is 0. The van der Waals surface area contributed by atoms with Crippen LogP contribution in [0.2, 0.25) is 10.0 Å². The summed E-state index contributed by atoms with van der Waals surface area (Å²) in [4.78, 5) is 0. The summed E-state index contributed by atoms with van der Waals surface area (Å²) < 4.78 is 0. The van der Waals surface area contributed by atoms with Gasteiger partial charge in [0.2, 0.25) is 0 Å². The Balaban J connectivity index is 3.31. The van der Waals surface area contributed by atoms with Crippen LogP contribution in [-0.4, -0.2) is 0 Å². The fourth-order valence-corrected chi connectivity index (χ4v) is 2.21. The van der Waals surface area contributed by atoms with Crippen LogP contribution in [0.1, 0.15) is 30.9 Å². The number of halogens is 2. The molecule has 0 saturated carbocycles. The summed E-state index contributed by atoms with van der Waals surface area (Å²) in [5, 5.41) is 1.44. The van der Waals surface area contributed by atoms with Crippen molar-refractivity contribution < 1.29 is 0 Å². The largest absolute Gasteiger partial charge is 0.0985 e. The average Bonchev–Trinajstić information content (AvgIpc) is 2.02. The Labute approximate surface area is 89.2 Å². The van der Waals surface area contributed by atoms with E-state index in [1.165, 1.54) is 0 Å². The maximum atomic E-state index is 6.08. The molecule has 0 bridgehead atoms. The summed E-state index contributed by atoms with van der Waals surface area (Å²) in [5.41, 5.74) is 1.97. The van der Waals surface area contributed by atoms with Crippen LogP contribution in [0.3, 0.4) is 0 Å². The van der Waals surface area contributed by atoms with E-state index >= 15 is 0 Å². The molecule has 0 aliphatic heterocycles. The Hall–Kier alpha value is -0.460. The van der Waals surface area contributed by atoms with E-state index < -0.39 is 0 Å². The third kappa shape index (κ3) is 2.26. The summed E-state index contributed by atoms with van der Waals surface area (Å²) in [6, 6.07) is 3.77. The van der Waals surface area contributed by atoms with Crippen LogP contribution in [0.5, 0.6) is 0 Å². The van der Waals surface area contributed by atoms with E-state index in [0.717, 1.165) is 21.2 Å². The summed E-state index contributed by atoms with van der Waals surface area (Å²) >= 11 is 12.2. The van der Waals surface area contributed by atoms with Gasteiger partial charge in [0, 0.05) is 10.0 Å². The minimum atomic E-state index is 0.346. The summed E-state index contributed by atoms with van der Waals surface area (Å²) in [7, 11) is 0. The minimum absolute atomic E-state index is 0.346. The van der Waals surface area contributed by atoms with Gasteiger partial charge >= 0.3 is 0 Å². The molecule has 0 amide bonds. The predicted molar refractivity (Wildman–Crippen MR) is 60.6 cm³/mol. The van der Waals surface area contributed by atoms with E-state index in [1.54, 1.807) is 6.08 Å². The quantitative estimate of drug-likeness (QED) is 0.667. The number of rotatable bonds is 2. The first-order valence-corrected chi connectivity index (χ1v) is 4.93. The Kier molecular flexibility index (Phi) is 3.40. The predicted octanol–water partition coefficient (Wildman–Crippen LogP) is 4.76. The lowest BCUT2D eigenvalue weighted by Crippen LogP contribution is -1.91. The van der Waals surface area contributed by atoms with E-state index in [9.17, 15) is 0 Å². The van der Waals surface area contributed by atoms with E-state index in [-0.39, 0.29) is 0 Å². The Bertz CT molecular complexity index is 304. The zero-order valence-electron chi connectivity index (χ0n) is 7.77. The zero-order valence-corrected chi connectivity index (χ0v) is 9.28. The molecule has 0 saturated heterocycles. The van der Waals surface area contributed by atoms with E-state index in [4.69, 9.17) is 23.2 Å². The van der Waals surface area contributed by atoms with Crippen molar-refractivity contribution >= 4 is 29.3 Å². The molecule has 0 radical (unpaired) electrons. The van der Waals surface area contributed by atoms with Crippen LogP contribution in [0.4, 0.5) is 0 Å². The van der Waals surface area contributed by atoms with Crippen LogP contribution in [0.15, 0.2) is 18.7 Å². The highest BCUT2D eigenvalue weighted by atomic mass is 35.5. The van der Waals surface area contributed by atoms with Gasteiger partial charge in [0.05, 0.1) is 0 Å². The molecule has 0 fully saturated rings. The van der Waals surface area contributed by atoms with E-state index in [2.05, 4.69) is 20.4 Å². The third-order valence-corrected chi connectivity index (χ3v) is 2.54. The fourth-order valence-electron chi connectivity index (χ4n) is 1.27. The molecule has 0 unspecified atom stereocenters. The summed E-state index contributed by atoms with van der Waals surface area (Å²) in [6.45, 7) is 7.81. The molecule has 1 rings (SSSR count). The molecule has 13 heavy (non-hydrogen) atoms. The van der Waals surface area contributed by atoms with Crippen molar-refractivity contribution in [2.24, 2.45) is 0 Å². The van der Waals surface area contributed by atoms with Gasteiger partial charge in [-0.25, -0.2) is 0 Å². The van der Waals surface area contributed by atoms with Crippen molar-refractivity contribution in [3.63, 3.8) is 0 Å². The Morgan fingerprint density at radius 2 is 1.69 bits per heavy atom. The van der Waals surface area contributed by atoms with Gasteiger partial charge in [-0.05, 0) is 29.2 Å². The SMILES string of the molecule is C=Cc1cc(Cl)c(C(C)C)c(Cl)c1. The smallest absolute Gasteiger partial charge is 0.0461 e. The van der Waals surface area contributed by atoms with Crippen LogP contribution in [0.25, 0.3) is 6.08 Å². The van der Waals surface area contributed by atoms with Gasteiger partial charge in [0.1, 0.15) is 0 Å². The van der Waals surface area contributed by atoms with E-state index in [0.29, 0.717) is 5.92 Å². The standard InChI is InChI=1S/C11H12Cl2/c1-4-8-5-9(12)11(7(2)3)10(13)6-8/h4-7H,1H2,2-3H3. The Morgan fingerprint density at radius 3 is 2.00 bits per heavy atom. The normalized spacial score (nSPS) is 10.5. The first-order valence-electron chi connectivity index (χ1n) is 4.17. The fraction of sp³-hybridized carbons (Fsp3) is 0.273. The highest BCUT2D eigenvalue weighted by Crippen LogP contribution is 2.32. The average molecular weight is 215 g/mol. The molecule has 0 atom stereocenters. The van der Waals surface area contributed by atoms with Gasteiger partial charge < -0.3 is 0 Å². The summed E-state index contributed by atoms with van der Waals surface area (Å²) in [6.07, 6.45) is 1.74. The highest BCUT2D eigenvalue weighted by molar-refractivity contribution is 6.36. The second-order valence-electron chi connectivity index (χ2n) is 3.26. The molecule has 1 aromatic rings. The van der Waals surface area contributed by atoms with E-state index in [1.807, 2.05) is 12.1 Å². The third-order valence-electron chi connectivity index (χ3n) is 1.91. The molecule has 2 heteroatoms. The maximum absolute atomic E-state index is 6.08. The molecule has 1 aromatic carbocycles. The lowest BCUT2D eigenvalue weighted by molar-refractivity contribution is 0.867. The minimum Gasteiger partial charge on any atom is -0.0985 e.